The molecule has 0 radical (unpaired) electrons. The van der Waals surface area contributed by atoms with E-state index in [2.05, 4.69) is 0 Å². The molecular formula is C14H21ClFNO3. The molecule has 1 saturated heterocycles. The molecule has 2 N–H and O–H groups in total. The van der Waals surface area contributed by atoms with Gasteiger partial charge >= 0.3 is 0 Å². The lowest BCUT2D eigenvalue weighted by Crippen LogP contribution is -2.28. The van der Waals surface area contributed by atoms with Crippen LogP contribution in [0.15, 0.2) is 12.1 Å². The van der Waals surface area contributed by atoms with Crippen molar-refractivity contribution in [2.45, 2.75) is 18.9 Å². The van der Waals surface area contributed by atoms with Gasteiger partial charge in [0.15, 0.2) is 11.5 Å². The molecule has 0 spiro atoms. The zero-order valence-electron chi connectivity index (χ0n) is 11.7. The SMILES string of the molecule is COc1cc(F)c([C@H](N)C2CCOCC2)cc1OC.Cl. The van der Waals surface area contributed by atoms with Crippen molar-refractivity contribution >= 4 is 12.4 Å². The van der Waals surface area contributed by atoms with Crippen LogP contribution in [-0.2, 0) is 4.74 Å². The van der Waals surface area contributed by atoms with Crippen molar-refractivity contribution in [1.29, 1.82) is 0 Å². The minimum Gasteiger partial charge on any atom is -0.493 e. The number of ether oxygens (including phenoxy) is 3. The summed E-state index contributed by atoms with van der Waals surface area (Å²) in [7, 11) is 3.01. The van der Waals surface area contributed by atoms with E-state index in [0.717, 1.165) is 12.8 Å². The van der Waals surface area contributed by atoms with E-state index in [1.165, 1.54) is 20.3 Å². The molecule has 0 aromatic heterocycles. The van der Waals surface area contributed by atoms with Crippen molar-refractivity contribution in [2.24, 2.45) is 11.7 Å². The molecule has 20 heavy (non-hydrogen) atoms. The van der Waals surface area contributed by atoms with E-state index < -0.39 is 0 Å². The first-order valence-electron chi connectivity index (χ1n) is 6.42. The highest BCUT2D eigenvalue weighted by atomic mass is 35.5. The summed E-state index contributed by atoms with van der Waals surface area (Å²) in [6.45, 7) is 1.38. The Morgan fingerprint density at radius 1 is 1.20 bits per heavy atom. The van der Waals surface area contributed by atoms with Crippen molar-refractivity contribution in [3.05, 3.63) is 23.5 Å². The Hall–Kier alpha value is -1.04. The van der Waals surface area contributed by atoms with Crippen LogP contribution in [0.3, 0.4) is 0 Å². The highest BCUT2D eigenvalue weighted by molar-refractivity contribution is 5.85. The summed E-state index contributed by atoms with van der Waals surface area (Å²) in [6, 6.07) is 2.62. The molecule has 0 bridgehead atoms. The van der Waals surface area contributed by atoms with Gasteiger partial charge in [-0.2, -0.15) is 0 Å². The molecule has 6 heteroatoms. The van der Waals surface area contributed by atoms with E-state index in [-0.39, 0.29) is 30.2 Å². The predicted molar refractivity (Wildman–Crippen MR) is 77.2 cm³/mol. The van der Waals surface area contributed by atoms with E-state index >= 15 is 0 Å². The van der Waals surface area contributed by atoms with Crippen LogP contribution < -0.4 is 15.2 Å². The molecule has 1 aliphatic heterocycles. The zero-order chi connectivity index (χ0) is 13.8. The van der Waals surface area contributed by atoms with Gasteiger partial charge in [0.2, 0.25) is 0 Å². The van der Waals surface area contributed by atoms with Gasteiger partial charge in [-0.05, 0) is 24.8 Å². The zero-order valence-corrected chi connectivity index (χ0v) is 12.5. The fraction of sp³-hybridized carbons (Fsp3) is 0.571. The number of nitrogens with two attached hydrogens (primary N) is 1. The van der Waals surface area contributed by atoms with Crippen molar-refractivity contribution < 1.29 is 18.6 Å². The highest BCUT2D eigenvalue weighted by Crippen LogP contribution is 2.36. The lowest BCUT2D eigenvalue weighted by Gasteiger charge is -2.28. The molecule has 1 atom stereocenters. The van der Waals surface area contributed by atoms with Gasteiger partial charge in [0.25, 0.3) is 0 Å². The van der Waals surface area contributed by atoms with Crippen LogP contribution in [0.25, 0.3) is 0 Å². The third-order valence-electron chi connectivity index (χ3n) is 3.64. The first kappa shape index (κ1) is 17.0. The van der Waals surface area contributed by atoms with Gasteiger partial charge in [0.05, 0.1) is 14.2 Å². The van der Waals surface area contributed by atoms with Gasteiger partial charge in [0, 0.05) is 30.9 Å². The lowest BCUT2D eigenvalue weighted by atomic mass is 9.87. The van der Waals surface area contributed by atoms with Crippen LogP contribution >= 0.6 is 12.4 Å². The van der Waals surface area contributed by atoms with Gasteiger partial charge < -0.3 is 19.9 Å². The predicted octanol–water partition coefficient (Wildman–Crippen LogP) is 2.69. The Labute approximate surface area is 124 Å². The normalized spacial score (nSPS) is 17.2. The van der Waals surface area contributed by atoms with Crippen LogP contribution in [0.2, 0.25) is 0 Å². The van der Waals surface area contributed by atoms with Crippen LogP contribution in [0.1, 0.15) is 24.4 Å². The molecule has 1 aromatic carbocycles. The molecule has 1 aliphatic rings. The summed E-state index contributed by atoms with van der Waals surface area (Å²) in [6.07, 6.45) is 1.71. The fourth-order valence-electron chi connectivity index (χ4n) is 2.45. The van der Waals surface area contributed by atoms with Crippen molar-refractivity contribution in [2.75, 3.05) is 27.4 Å². The molecule has 2 rings (SSSR count). The van der Waals surface area contributed by atoms with Crippen LogP contribution in [-0.4, -0.2) is 27.4 Å². The summed E-state index contributed by atoms with van der Waals surface area (Å²) in [4.78, 5) is 0. The maximum absolute atomic E-state index is 14.1. The minimum absolute atomic E-state index is 0. The summed E-state index contributed by atoms with van der Waals surface area (Å²) in [5.74, 6) is 0.766. The lowest BCUT2D eigenvalue weighted by molar-refractivity contribution is 0.0579. The Balaban J connectivity index is 0.00000200. The Bertz CT molecular complexity index is 439. The summed E-state index contributed by atoms with van der Waals surface area (Å²) in [5.41, 5.74) is 6.67. The maximum Gasteiger partial charge on any atom is 0.163 e. The van der Waals surface area contributed by atoms with Crippen LogP contribution in [0.5, 0.6) is 11.5 Å². The number of halogens is 2. The summed E-state index contributed by atoms with van der Waals surface area (Å²) in [5, 5.41) is 0. The van der Waals surface area contributed by atoms with Gasteiger partial charge in [-0.15, -0.1) is 12.4 Å². The average molecular weight is 306 g/mol. The monoisotopic (exact) mass is 305 g/mol. The topological polar surface area (TPSA) is 53.7 Å². The third-order valence-corrected chi connectivity index (χ3v) is 3.64. The first-order valence-corrected chi connectivity index (χ1v) is 6.42. The second kappa shape index (κ2) is 7.67. The number of hydrogen-bond acceptors (Lipinski definition) is 4. The molecule has 114 valence electrons. The molecule has 4 nitrogen and oxygen atoms in total. The summed E-state index contributed by atoms with van der Waals surface area (Å²) < 4.78 is 29.7. The van der Waals surface area contributed by atoms with E-state index in [4.69, 9.17) is 19.9 Å². The largest absolute Gasteiger partial charge is 0.493 e. The van der Waals surface area contributed by atoms with E-state index in [9.17, 15) is 4.39 Å². The van der Waals surface area contributed by atoms with Crippen molar-refractivity contribution in [1.82, 2.24) is 0 Å². The molecule has 1 heterocycles. The molecule has 0 aliphatic carbocycles. The van der Waals surface area contributed by atoms with Crippen LogP contribution in [0, 0.1) is 11.7 Å². The summed E-state index contributed by atoms with van der Waals surface area (Å²) >= 11 is 0. The fourth-order valence-corrected chi connectivity index (χ4v) is 2.45. The van der Waals surface area contributed by atoms with Gasteiger partial charge in [-0.25, -0.2) is 4.39 Å². The maximum atomic E-state index is 14.1. The van der Waals surface area contributed by atoms with E-state index in [1.54, 1.807) is 6.07 Å². The Morgan fingerprint density at radius 2 is 1.75 bits per heavy atom. The number of hydrogen-bond donors (Lipinski definition) is 1. The third kappa shape index (κ3) is 3.53. The molecule has 1 fully saturated rings. The minimum atomic E-state index is -0.350. The second-order valence-electron chi connectivity index (χ2n) is 4.70. The van der Waals surface area contributed by atoms with Gasteiger partial charge in [-0.1, -0.05) is 0 Å². The molecule has 0 saturated carbocycles. The number of methoxy groups -OCH3 is 2. The Morgan fingerprint density at radius 3 is 2.30 bits per heavy atom. The second-order valence-corrected chi connectivity index (χ2v) is 4.70. The molecule has 0 unspecified atom stereocenters. The number of benzene rings is 1. The Kier molecular flexibility index (Phi) is 6.52. The average Bonchev–Trinajstić information content (AvgIpc) is 2.47. The highest BCUT2D eigenvalue weighted by Gasteiger charge is 2.25. The van der Waals surface area contributed by atoms with Gasteiger partial charge in [0.1, 0.15) is 5.82 Å². The molecule has 1 aromatic rings. The smallest absolute Gasteiger partial charge is 0.163 e. The molecular weight excluding hydrogens is 285 g/mol. The first-order chi connectivity index (χ1) is 9.17. The standard InChI is InChI=1S/C14H20FNO3.ClH/c1-17-12-7-10(11(15)8-13(12)18-2)14(16)9-3-5-19-6-4-9;/h7-9,14H,3-6,16H2,1-2H3;1H/t14-;/m1./s1. The van der Waals surface area contributed by atoms with Crippen molar-refractivity contribution in [3.63, 3.8) is 0 Å². The van der Waals surface area contributed by atoms with E-state index in [0.29, 0.717) is 30.3 Å². The van der Waals surface area contributed by atoms with E-state index in [1.807, 2.05) is 0 Å². The van der Waals surface area contributed by atoms with Crippen LogP contribution in [0.4, 0.5) is 4.39 Å². The molecule has 0 amide bonds. The quantitative estimate of drug-likeness (QED) is 0.929. The number of rotatable bonds is 4. The van der Waals surface area contributed by atoms with Gasteiger partial charge in [-0.3, -0.25) is 0 Å². The van der Waals surface area contributed by atoms with Crippen molar-refractivity contribution in [3.8, 4) is 11.5 Å².